The van der Waals surface area contributed by atoms with Crippen molar-refractivity contribution in [1.82, 2.24) is 0 Å². The highest BCUT2D eigenvalue weighted by molar-refractivity contribution is 6.30. The Kier molecular flexibility index (Phi) is 2.99. The zero-order valence-corrected chi connectivity index (χ0v) is 10.8. The summed E-state index contributed by atoms with van der Waals surface area (Å²) in [5.41, 5.74) is -0.994. The number of halogens is 2. The maximum Gasteiger partial charge on any atom is 0.455 e. The van der Waals surface area contributed by atoms with Crippen molar-refractivity contribution in [3.63, 3.8) is 0 Å². The first-order valence-electron chi connectivity index (χ1n) is 5.79. The van der Waals surface area contributed by atoms with Crippen LogP contribution in [-0.2, 0) is 10.5 Å². The van der Waals surface area contributed by atoms with Crippen LogP contribution in [-0.4, -0.2) is 6.09 Å². The average molecular weight is 291 g/mol. The van der Waals surface area contributed by atoms with Crippen LogP contribution in [0, 0.1) is 5.82 Å². The molecule has 0 saturated carbocycles. The summed E-state index contributed by atoms with van der Waals surface area (Å²) < 4.78 is 19.2. The Labute approximate surface area is 118 Å². The van der Waals surface area contributed by atoms with E-state index >= 15 is 0 Å². The van der Waals surface area contributed by atoms with E-state index in [0.717, 1.165) is 0 Å². The summed E-state index contributed by atoms with van der Waals surface area (Å²) in [5, 5.41) is 7.73. The van der Waals surface area contributed by atoms with Gasteiger partial charge in [0.2, 0.25) is 0 Å². The summed E-state index contributed by atoms with van der Waals surface area (Å²) in [5.74, 6) is -0.531. The lowest BCUT2D eigenvalue weighted by Crippen LogP contribution is -2.27. The Bertz CT molecular complexity index is 703. The third-order valence-electron chi connectivity index (χ3n) is 2.98. The van der Waals surface area contributed by atoms with E-state index in [2.05, 4.69) is 10.2 Å². The second kappa shape index (κ2) is 4.68. The number of benzene rings is 2. The minimum absolute atomic E-state index is 0.122. The van der Waals surface area contributed by atoms with E-state index in [0.29, 0.717) is 10.6 Å². The first-order chi connectivity index (χ1) is 9.62. The second-order valence-corrected chi connectivity index (χ2v) is 4.64. The molecule has 0 N–H and O–H groups in total. The fraction of sp³-hybridized carbons (Fsp3) is 0.0714. The molecule has 0 radical (unpaired) electrons. The van der Waals surface area contributed by atoms with Gasteiger partial charge in [0.25, 0.3) is 5.72 Å². The molecule has 0 aromatic heterocycles. The van der Waals surface area contributed by atoms with Crippen LogP contribution in [0.3, 0.4) is 0 Å². The number of cyclic esters (lactones) is 1. The van der Waals surface area contributed by atoms with Crippen molar-refractivity contribution in [1.29, 1.82) is 0 Å². The van der Waals surface area contributed by atoms with Gasteiger partial charge in [-0.25, -0.2) is 9.18 Å². The molecule has 1 heterocycles. The van der Waals surface area contributed by atoms with Crippen LogP contribution in [0.25, 0.3) is 0 Å². The van der Waals surface area contributed by atoms with Gasteiger partial charge in [-0.2, -0.15) is 0 Å². The third-order valence-corrected chi connectivity index (χ3v) is 3.23. The summed E-state index contributed by atoms with van der Waals surface area (Å²) in [6, 6.07) is 12.4. The van der Waals surface area contributed by atoms with Crippen molar-refractivity contribution in [2.45, 2.75) is 5.72 Å². The van der Waals surface area contributed by atoms with E-state index in [9.17, 15) is 9.18 Å². The molecule has 1 unspecified atom stereocenters. The van der Waals surface area contributed by atoms with Crippen molar-refractivity contribution in [2.24, 2.45) is 10.2 Å². The number of rotatable bonds is 2. The van der Waals surface area contributed by atoms with Gasteiger partial charge in [0, 0.05) is 10.6 Å². The lowest BCUT2D eigenvalue weighted by atomic mass is 9.94. The standard InChI is InChI=1S/C14H8ClFN2O2/c15-10-7-5-9(6-8-10)14(18-17-13(19)20-14)11-3-1-2-4-12(11)16/h1-8H. The largest absolute Gasteiger partial charge is 0.455 e. The molecule has 1 aliphatic heterocycles. The van der Waals surface area contributed by atoms with Crippen LogP contribution in [0.2, 0.25) is 5.02 Å². The molecule has 0 spiro atoms. The molecule has 100 valence electrons. The summed E-state index contributed by atoms with van der Waals surface area (Å²) in [6.45, 7) is 0. The lowest BCUT2D eigenvalue weighted by Gasteiger charge is -2.24. The van der Waals surface area contributed by atoms with Crippen molar-refractivity contribution in [3.8, 4) is 0 Å². The van der Waals surface area contributed by atoms with Gasteiger partial charge in [0.1, 0.15) is 5.82 Å². The monoisotopic (exact) mass is 290 g/mol. The van der Waals surface area contributed by atoms with Crippen LogP contribution >= 0.6 is 11.6 Å². The Balaban J connectivity index is 2.21. The SMILES string of the molecule is O=C1N=NC(c2ccc(Cl)cc2)(c2ccccc2F)O1. The molecule has 0 aliphatic carbocycles. The first kappa shape index (κ1) is 12.7. The topological polar surface area (TPSA) is 51.0 Å². The molecule has 0 bridgehead atoms. The molecular formula is C14H8ClFN2O2. The summed E-state index contributed by atoms with van der Waals surface area (Å²) in [4.78, 5) is 11.4. The Hall–Kier alpha value is -2.27. The van der Waals surface area contributed by atoms with Crippen LogP contribution < -0.4 is 0 Å². The van der Waals surface area contributed by atoms with Crippen molar-refractivity contribution in [2.75, 3.05) is 0 Å². The fourth-order valence-electron chi connectivity index (χ4n) is 2.07. The minimum atomic E-state index is -1.59. The molecule has 1 amide bonds. The molecular weight excluding hydrogens is 283 g/mol. The lowest BCUT2D eigenvalue weighted by molar-refractivity contribution is 0.0719. The molecule has 0 saturated heterocycles. The van der Waals surface area contributed by atoms with E-state index in [4.69, 9.17) is 16.3 Å². The van der Waals surface area contributed by atoms with Gasteiger partial charge in [-0.1, -0.05) is 41.0 Å². The number of amides is 1. The zero-order chi connectivity index (χ0) is 14.2. The van der Waals surface area contributed by atoms with Crippen molar-refractivity contribution in [3.05, 3.63) is 70.5 Å². The number of nitrogens with zero attached hydrogens (tertiary/aromatic N) is 2. The van der Waals surface area contributed by atoms with Gasteiger partial charge in [-0.15, -0.1) is 5.11 Å². The van der Waals surface area contributed by atoms with E-state index in [1.807, 2.05) is 0 Å². The number of hydrogen-bond acceptors (Lipinski definition) is 3. The van der Waals surface area contributed by atoms with E-state index in [1.165, 1.54) is 12.1 Å². The average Bonchev–Trinajstić information content (AvgIpc) is 2.83. The molecule has 4 nitrogen and oxygen atoms in total. The summed E-state index contributed by atoms with van der Waals surface area (Å²) in [6.07, 6.45) is -0.858. The van der Waals surface area contributed by atoms with Crippen molar-refractivity contribution < 1.29 is 13.9 Å². The Morgan fingerprint density at radius 2 is 1.80 bits per heavy atom. The molecule has 20 heavy (non-hydrogen) atoms. The quantitative estimate of drug-likeness (QED) is 0.828. The van der Waals surface area contributed by atoms with Gasteiger partial charge in [0.15, 0.2) is 0 Å². The summed E-state index contributed by atoms with van der Waals surface area (Å²) in [7, 11) is 0. The number of carbonyl (C=O) groups excluding carboxylic acids is 1. The van der Waals surface area contributed by atoms with Gasteiger partial charge in [-0.05, 0) is 24.3 Å². The third kappa shape index (κ3) is 1.96. The normalized spacial score (nSPS) is 21.0. The van der Waals surface area contributed by atoms with E-state index in [-0.39, 0.29) is 5.56 Å². The van der Waals surface area contributed by atoms with Crippen LogP contribution in [0.5, 0.6) is 0 Å². The molecule has 2 aromatic carbocycles. The first-order valence-corrected chi connectivity index (χ1v) is 6.16. The van der Waals surface area contributed by atoms with Gasteiger partial charge < -0.3 is 4.74 Å². The van der Waals surface area contributed by atoms with Crippen LogP contribution in [0.15, 0.2) is 58.8 Å². The predicted molar refractivity (Wildman–Crippen MR) is 70.0 cm³/mol. The second-order valence-electron chi connectivity index (χ2n) is 4.20. The molecule has 6 heteroatoms. The van der Waals surface area contributed by atoms with E-state index < -0.39 is 17.6 Å². The predicted octanol–water partition coefficient (Wildman–Crippen LogP) is 4.28. The Morgan fingerprint density at radius 3 is 2.40 bits per heavy atom. The highest BCUT2D eigenvalue weighted by Gasteiger charge is 2.45. The summed E-state index contributed by atoms with van der Waals surface area (Å²) >= 11 is 5.83. The highest BCUT2D eigenvalue weighted by Crippen LogP contribution is 2.40. The molecule has 2 aromatic rings. The minimum Gasteiger partial charge on any atom is -0.408 e. The molecule has 1 aliphatic rings. The van der Waals surface area contributed by atoms with E-state index in [1.54, 1.807) is 36.4 Å². The smallest absolute Gasteiger partial charge is 0.408 e. The molecule has 3 rings (SSSR count). The molecule has 0 fully saturated rings. The Morgan fingerprint density at radius 1 is 1.10 bits per heavy atom. The number of azo groups is 1. The van der Waals surface area contributed by atoms with Gasteiger partial charge in [0.05, 0.1) is 5.56 Å². The highest BCUT2D eigenvalue weighted by atomic mass is 35.5. The number of carbonyl (C=O) groups is 1. The van der Waals surface area contributed by atoms with Crippen molar-refractivity contribution >= 4 is 17.7 Å². The zero-order valence-electron chi connectivity index (χ0n) is 10.1. The number of hydrogen-bond donors (Lipinski definition) is 0. The maximum atomic E-state index is 14.1. The van der Waals surface area contributed by atoms with Gasteiger partial charge in [-0.3, -0.25) is 0 Å². The van der Waals surface area contributed by atoms with Crippen LogP contribution in [0.1, 0.15) is 11.1 Å². The maximum absolute atomic E-state index is 14.1. The van der Waals surface area contributed by atoms with Gasteiger partial charge >= 0.3 is 6.09 Å². The fourth-order valence-corrected chi connectivity index (χ4v) is 2.20. The number of ether oxygens (including phenoxy) is 1. The van der Waals surface area contributed by atoms with Crippen LogP contribution in [0.4, 0.5) is 9.18 Å². The molecule has 1 atom stereocenters.